The highest BCUT2D eigenvalue weighted by Gasteiger charge is 2.16. The number of aliphatic imine (C=N–C) groups is 1. The van der Waals surface area contributed by atoms with Crippen molar-refractivity contribution in [2.45, 2.75) is 70.9 Å². The van der Waals surface area contributed by atoms with Crippen molar-refractivity contribution >= 4 is 12.1 Å². The van der Waals surface area contributed by atoms with E-state index in [1.807, 2.05) is 20.8 Å². The number of nitrogens with one attached hydrogen (secondary N) is 3. The molecule has 0 aliphatic heterocycles. The molecule has 1 rings (SSSR count). The molecule has 1 amide bonds. The number of carbonyl (C=O) groups is 1. The minimum absolute atomic E-state index is 0.364. The Bertz CT molecular complexity index is 358. The summed E-state index contributed by atoms with van der Waals surface area (Å²) < 4.78 is 5.18. The Hall–Kier alpha value is -1.46. The van der Waals surface area contributed by atoms with E-state index in [9.17, 15) is 4.79 Å². The summed E-state index contributed by atoms with van der Waals surface area (Å²) in [5.41, 5.74) is -0.450. The number of ether oxygens (including phenoxy) is 1. The summed E-state index contributed by atoms with van der Waals surface area (Å²) in [6, 6.07) is 0.542. The predicted molar refractivity (Wildman–Crippen MR) is 90.2 cm³/mol. The van der Waals surface area contributed by atoms with Gasteiger partial charge in [0.2, 0.25) is 0 Å². The summed E-state index contributed by atoms with van der Waals surface area (Å²) in [5, 5.41) is 9.50. The van der Waals surface area contributed by atoms with Crippen LogP contribution in [-0.4, -0.2) is 43.8 Å². The molecule has 0 aromatic carbocycles. The molecule has 0 radical (unpaired) electrons. The second-order valence-electron chi connectivity index (χ2n) is 6.76. The van der Waals surface area contributed by atoms with Gasteiger partial charge in [0.15, 0.2) is 5.96 Å². The fraction of sp³-hybridized carbons (Fsp3) is 0.875. The van der Waals surface area contributed by atoms with Crippen LogP contribution in [0.15, 0.2) is 4.99 Å². The van der Waals surface area contributed by atoms with Gasteiger partial charge >= 0.3 is 6.09 Å². The molecule has 1 aliphatic rings. The first kappa shape index (κ1) is 18.6. The molecule has 6 heteroatoms. The highest BCUT2D eigenvalue weighted by molar-refractivity contribution is 5.79. The lowest BCUT2D eigenvalue weighted by Gasteiger charge is -2.24. The van der Waals surface area contributed by atoms with Crippen molar-refractivity contribution in [2.75, 3.05) is 20.1 Å². The average Bonchev–Trinajstić information content (AvgIpc) is 2.45. The molecule has 1 aliphatic carbocycles. The third-order valence-corrected chi connectivity index (χ3v) is 3.48. The van der Waals surface area contributed by atoms with E-state index in [-0.39, 0.29) is 6.09 Å². The molecule has 0 heterocycles. The Morgan fingerprint density at radius 2 is 1.77 bits per heavy atom. The fourth-order valence-corrected chi connectivity index (χ4v) is 2.43. The van der Waals surface area contributed by atoms with Crippen LogP contribution in [0.25, 0.3) is 0 Å². The van der Waals surface area contributed by atoms with Gasteiger partial charge in [0.25, 0.3) is 0 Å². The van der Waals surface area contributed by atoms with E-state index in [1.54, 1.807) is 7.05 Å². The van der Waals surface area contributed by atoms with Crippen LogP contribution in [0.4, 0.5) is 4.79 Å². The van der Waals surface area contributed by atoms with Gasteiger partial charge in [-0.25, -0.2) is 4.79 Å². The fourth-order valence-electron chi connectivity index (χ4n) is 2.43. The Labute approximate surface area is 134 Å². The summed E-state index contributed by atoms with van der Waals surface area (Å²) in [7, 11) is 1.79. The first-order chi connectivity index (χ1) is 10.4. The van der Waals surface area contributed by atoms with E-state index < -0.39 is 5.60 Å². The summed E-state index contributed by atoms with van der Waals surface area (Å²) in [5.74, 6) is 0.851. The Morgan fingerprint density at radius 1 is 1.14 bits per heavy atom. The van der Waals surface area contributed by atoms with Crippen LogP contribution in [0.3, 0.4) is 0 Å². The van der Waals surface area contributed by atoms with E-state index in [0.717, 1.165) is 18.9 Å². The zero-order chi connectivity index (χ0) is 16.4. The van der Waals surface area contributed by atoms with Crippen LogP contribution in [0, 0.1) is 0 Å². The van der Waals surface area contributed by atoms with Gasteiger partial charge in [0, 0.05) is 26.2 Å². The minimum atomic E-state index is -0.450. The molecule has 6 nitrogen and oxygen atoms in total. The van der Waals surface area contributed by atoms with Gasteiger partial charge in [-0.2, -0.15) is 0 Å². The third kappa shape index (κ3) is 8.74. The largest absolute Gasteiger partial charge is 0.444 e. The van der Waals surface area contributed by atoms with Gasteiger partial charge in [0.1, 0.15) is 5.60 Å². The Morgan fingerprint density at radius 3 is 2.36 bits per heavy atom. The van der Waals surface area contributed by atoms with Gasteiger partial charge in [-0.3, -0.25) is 4.99 Å². The van der Waals surface area contributed by atoms with Gasteiger partial charge in [0.05, 0.1) is 0 Å². The van der Waals surface area contributed by atoms with E-state index in [1.165, 1.54) is 32.1 Å². The van der Waals surface area contributed by atoms with E-state index in [2.05, 4.69) is 20.9 Å². The number of alkyl carbamates (subject to hydrolysis) is 1. The van der Waals surface area contributed by atoms with Crippen molar-refractivity contribution < 1.29 is 9.53 Å². The van der Waals surface area contributed by atoms with E-state index >= 15 is 0 Å². The summed E-state index contributed by atoms with van der Waals surface area (Å²) in [6.45, 7) is 6.92. The van der Waals surface area contributed by atoms with Crippen molar-refractivity contribution in [1.29, 1.82) is 0 Å². The molecular weight excluding hydrogens is 280 g/mol. The molecule has 0 atom stereocenters. The lowest BCUT2D eigenvalue weighted by Crippen LogP contribution is -2.44. The van der Waals surface area contributed by atoms with Crippen molar-refractivity contribution in [3.8, 4) is 0 Å². The van der Waals surface area contributed by atoms with Gasteiger partial charge in [-0.1, -0.05) is 19.3 Å². The first-order valence-corrected chi connectivity index (χ1v) is 8.35. The Kier molecular flexibility index (Phi) is 8.06. The maximum Gasteiger partial charge on any atom is 0.407 e. The summed E-state index contributed by atoms with van der Waals surface area (Å²) in [4.78, 5) is 15.7. The van der Waals surface area contributed by atoms with Crippen molar-refractivity contribution in [3.63, 3.8) is 0 Å². The third-order valence-electron chi connectivity index (χ3n) is 3.48. The molecule has 3 N–H and O–H groups in total. The molecule has 1 fully saturated rings. The van der Waals surface area contributed by atoms with Crippen molar-refractivity contribution in [1.82, 2.24) is 16.0 Å². The molecule has 0 bridgehead atoms. The number of hydrogen-bond donors (Lipinski definition) is 3. The summed E-state index contributed by atoms with van der Waals surface area (Å²) in [6.07, 6.45) is 6.85. The second-order valence-corrected chi connectivity index (χ2v) is 6.76. The van der Waals surface area contributed by atoms with Crippen LogP contribution in [0.1, 0.15) is 59.3 Å². The Balaban J connectivity index is 2.10. The molecule has 128 valence electrons. The smallest absolute Gasteiger partial charge is 0.407 e. The molecule has 0 saturated heterocycles. The minimum Gasteiger partial charge on any atom is -0.444 e. The molecule has 0 unspecified atom stereocenters. The van der Waals surface area contributed by atoms with Crippen LogP contribution in [0.2, 0.25) is 0 Å². The number of guanidine groups is 1. The van der Waals surface area contributed by atoms with Crippen LogP contribution in [-0.2, 0) is 4.74 Å². The number of amides is 1. The van der Waals surface area contributed by atoms with Crippen molar-refractivity contribution in [3.05, 3.63) is 0 Å². The monoisotopic (exact) mass is 312 g/mol. The normalized spacial score (nSPS) is 17.0. The first-order valence-electron chi connectivity index (χ1n) is 8.35. The number of hydrogen-bond acceptors (Lipinski definition) is 3. The molecule has 0 spiro atoms. The maximum atomic E-state index is 11.5. The highest BCUT2D eigenvalue weighted by atomic mass is 16.6. The maximum absolute atomic E-state index is 11.5. The molecule has 22 heavy (non-hydrogen) atoms. The topological polar surface area (TPSA) is 74.8 Å². The molecule has 0 aromatic rings. The number of nitrogens with zero attached hydrogens (tertiary/aromatic N) is 1. The lowest BCUT2D eigenvalue weighted by molar-refractivity contribution is 0.0527. The zero-order valence-corrected chi connectivity index (χ0v) is 14.5. The number of carbonyl (C=O) groups excluding carboxylic acids is 1. The number of rotatable bonds is 5. The van der Waals surface area contributed by atoms with Gasteiger partial charge < -0.3 is 20.7 Å². The van der Waals surface area contributed by atoms with E-state index in [0.29, 0.717) is 12.6 Å². The SMILES string of the molecule is CN=C(NCCCNC(=O)OC(C)(C)C)NC1CCCCC1. The second kappa shape index (κ2) is 9.54. The standard InChI is InChI=1S/C16H32N4O2/c1-16(2,3)22-15(21)19-12-8-11-18-14(17-4)20-13-9-6-5-7-10-13/h13H,5-12H2,1-4H3,(H,19,21)(H2,17,18,20). The van der Waals surface area contributed by atoms with Gasteiger partial charge in [-0.15, -0.1) is 0 Å². The summed E-state index contributed by atoms with van der Waals surface area (Å²) >= 11 is 0. The average molecular weight is 312 g/mol. The molecule has 0 aromatic heterocycles. The van der Waals surface area contributed by atoms with Crippen molar-refractivity contribution in [2.24, 2.45) is 4.99 Å². The molecular formula is C16H32N4O2. The van der Waals surface area contributed by atoms with Crippen LogP contribution >= 0.6 is 0 Å². The van der Waals surface area contributed by atoms with E-state index in [4.69, 9.17) is 4.74 Å². The van der Waals surface area contributed by atoms with Gasteiger partial charge in [-0.05, 0) is 40.0 Å². The highest BCUT2D eigenvalue weighted by Crippen LogP contribution is 2.17. The van der Waals surface area contributed by atoms with Crippen LogP contribution < -0.4 is 16.0 Å². The van der Waals surface area contributed by atoms with Crippen LogP contribution in [0.5, 0.6) is 0 Å². The zero-order valence-electron chi connectivity index (χ0n) is 14.5. The molecule has 1 saturated carbocycles. The quantitative estimate of drug-likeness (QED) is 0.414. The lowest BCUT2D eigenvalue weighted by atomic mass is 9.96. The predicted octanol–water partition coefficient (Wildman–Crippen LogP) is 2.40.